The van der Waals surface area contributed by atoms with Crippen molar-refractivity contribution in [1.82, 2.24) is 0 Å². The molecule has 0 heterocycles. The van der Waals surface area contributed by atoms with E-state index in [0.29, 0.717) is 0 Å². The summed E-state index contributed by atoms with van der Waals surface area (Å²) in [5.74, 6) is 0.210. The van der Waals surface area contributed by atoms with Gasteiger partial charge in [0.2, 0.25) is 0 Å². The van der Waals surface area contributed by atoms with Gasteiger partial charge in [0, 0.05) is 48.7 Å². The van der Waals surface area contributed by atoms with Crippen LogP contribution in [-0.2, 0) is 31.3 Å². The molecule has 0 bridgehead atoms. The van der Waals surface area contributed by atoms with Gasteiger partial charge < -0.3 is 10.0 Å². The van der Waals surface area contributed by atoms with Crippen molar-refractivity contribution in [2.24, 2.45) is 0 Å². The second-order valence-electron chi connectivity index (χ2n) is 3.81. The maximum absolute atomic E-state index is 9.22. The first-order valence-corrected chi connectivity index (χ1v) is 6.30. The Labute approximate surface area is 143 Å². The van der Waals surface area contributed by atoms with Gasteiger partial charge in [0.1, 0.15) is 0 Å². The summed E-state index contributed by atoms with van der Waals surface area (Å²) in [5, 5.41) is 9.22. The number of benzene rings is 1. The normalized spacial score (nSPS) is 8.82. The Hall–Kier alpha value is -1.27. The van der Waals surface area contributed by atoms with Crippen LogP contribution in [0, 0.1) is 20.0 Å². The standard InChI is InChI=1S/C13H21NO.3CO.Cr/c1-4-14(5-2)13-9-7-6-8-12(13)11(3)10-15;3*1-2;/h6-9,11,15H,4-5,10H2,1-3H3;;;;/t11-;;;;/m0..../s1. The van der Waals surface area contributed by atoms with Crippen molar-refractivity contribution in [3.05, 3.63) is 49.8 Å². The fourth-order valence-corrected chi connectivity index (χ4v) is 1.85. The maximum atomic E-state index is 9.22. The third-order valence-electron chi connectivity index (χ3n) is 2.85. The first kappa shape index (κ1) is 28.8. The van der Waals surface area contributed by atoms with E-state index in [4.69, 9.17) is 14.0 Å². The molecule has 0 saturated carbocycles. The molecule has 120 valence electrons. The Kier molecular flexibility index (Phi) is 28.9. The fourth-order valence-electron chi connectivity index (χ4n) is 1.85. The third kappa shape index (κ3) is 10.5. The van der Waals surface area contributed by atoms with Crippen molar-refractivity contribution in [2.75, 3.05) is 24.6 Å². The monoisotopic (exact) mass is 343 g/mol. The van der Waals surface area contributed by atoms with Gasteiger partial charge in [-0.15, -0.1) is 0 Å². The number of para-hydroxylation sites is 1. The zero-order valence-electron chi connectivity index (χ0n) is 13.0. The summed E-state index contributed by atoms with van der Waals surface area (Å²) in [6.07, 6.45) is 0. The van der Waals surface area contributed by atoms with Crippen molar-refractivity contribution >= 4 is 5.69 Å². The maximum Gasteiger partial charge on any atom is 0 e. The second-order valence-corrected chi connectivity index (χ2v) is 3.81. The quantitative estimate of drug-likeness (QED) is 0.658. The van der Waals surface area contributed by atoms with E-state index in [1.807, 2.05) is 6.07 Å². The summed E-state index contributed by atoms with van der Waals surface area (Å²) in [6.45, 7) is 22.1. The minimum Gasteiger partial charge on any atom is 0 e. The smallest absolute Gasteiger partial charge is 0 e. The molecule has 0 aromatic heterocycles. The van der Waals surface area contributed by atoms with Gasteiger partial charge in [0.05, 0.1) is 0 Å². The number of nitrogens with zero attached hydrogens (tertiary/aromatic N) is 1. The predicted molar refractivity (Wildman–Crippen MR) is 77.3 cm³/mol. The van der Waals surface area contributed by atoms with Gasteiger partial charge in [-0.05, 0) is 25.5 Å². The Morgan fingerprint density at radius 2 is 1.41 bits per heavy atom. The van der Waals surface area contributed by atoms with Gasteiger partial charge in [-0.2, -0.15) is 0 Å². The van der Waals surface area contributed by atoms with Gasteiger partial charge in [-0.3, -0.25) is 0 Å². The average molecular weight is 343 g/mol. The summed E-state index contributed by atoms with van der Waals surface area (Å²) in [4.78, 5) is 2.32. The van der Waals surface area contributed by atoms with E-state index < -0.39 is 0 Å². The van der Waals surface area contributed by atoms with E-state index in [-0.39, 0.29) is 29.9 Å². The van der Waals surface area contributed by atoms with Gasteiger partial charge in [-0.25, -0.2) is 0 Å². The number of hydrogen-bond donors (Lipinski definition) is 1. The summed E-state index contributed by atoms with van der Waals surface area (Å²) in [6, 6.07) is 8.33. The Balaban J connectivity index is -0.000000206. The predicted octanol–water partition coefficient (Wildman–Crippen LogP) is 2.51. The van der Waals surface area contributed by atoms with Crippen LogP contribution in [0.25, 0.3) is 0 Å². The molecule has 0 aliphatic heterocycles. The van der Waals surface area contributed by atoms with E-state index in [1.165, 1.54) is 11.3 Å². The Morgan fingerprint density at radius 1 is 1.00 bits per heavy atom. The molecule has 0 unspecified atom stereocenters. The topological polar surface area (TPSA) is 83.2 Å². The molecule has 1 aromatic carbocycles. The van der Waals surface area contributed by atoms with Crippen molar-refractivity contribution < 1.29 is 36.4 Å². The number of rotatable bonds is 5. The van der Waals surface area contributed by atoms with Crippen LogP contribution < -0.4 is 4.90 Å². The molecule has 0 radical (unpaired) electrons. The molecule has 6 heteroatoms. The van der Waals surface area contributed by atoms with Crippen LogP contribution in [0.2, 0.25) is 0 Å². The zero-order valence-corrected chi connectivity index (χ0v) is 14.3. The van der Waals surface area contributed by atoms with E-state index in [0.717, 1.165) is 13.1 Å². The van der Waals surface area contributed by atoms with Crippen LogP contribution in [0.5, 0.6) is 0 Å². The number of aliphatic hydroxyl groups excluding tert-OH is 1. The fraction of sp³-hybridized carbons (Fsp3) is 0.438. The summed E-state index contributed by atoms with van der Waals surface area (Å²) in [7, 11) is 0. The van der Waals surface area contributed by atoms with Crippen LogP contribution in [0.15, 0.2) is 24.3 Å². The first-order chi connectivity index (χ1) is 10.2. The Morgan fingerprint density at radius 3 is 1.77 bits per heavy atom. The molecular weight excluding hydrogens is 322 g/mol. The van der Waals surface area contributed by atoms with Crippen LogP contribution in [0.4, 0.5) is 5.69 Å². The van der Waals surface area contributed by atoms with Gasteiger partial charge >= 0.3 is 33.9 Å². The summed E-state index contributed by atoms with van der Waals surface area (Å²) < 4.78 is 22.5. The molecular formula is C16H21CrNO4. The first-order valence-electron chi connectivity index (χ1n) is 6.30. The van der Waals surface area contributed by atoms with Crippen LogP contribution in [0.3, 0.4) is 0 Å². The van der Waals surface area contributed by atoms with E-state index in [9.17, 15) is 5.11 Å². The molecule has 1 N–H and O–H groups in total. The van der Waals surface area contributed by atoms with Crippen LogP contribution in [0.1, 0.15) is 32.3 Å². The van der Waals surface area contributed by atoms with Crippen molar-refractivity contribution in [2.45, 2.75) is 26.7 Å². The summed E-state index contributed by atoms with van der Waals surface area (Å²) >= 11 is 0. The molecule has 0 aliphatic rings. The van der Waals surface area contributed by atoms with E-state index in [1.54, 1.807) is 0 Å². The minimum atomic E-state index is 0. The molecule has 0 spiro atoms. The molecule has 0 amide bonds. The molecule has 5 nitrogen and oxygen atoms in total. The van der Waals surface area contributed by atoms with Crippen molar-refractivity contribution in [3.63, 3.8) is 0 Å². The molecule has 0 fully saturated rings. The van der Waals surface area contributed by atoms with Crippen LogP contribution in [-0.4, -0.2) is 24.8 Å². The van der Waals surface area contributed by atoms with Gasteiger partial charge in [-0.1, -0.05) is 25.1 Å². The average Bonchev–Trinajstić information content (AvgIpc) is 2.61. The molecule has 1 aromatic rings. The van der Waals surface area contributed by atoms with Gasteiger partial charge in [0.25, 0.3) is 0 Å². The zero-order chi connectivity index (χ0) is 17.3. The van der Waals surface area contributed by atoms with Crippen molar-refractivity contribution in [1.29, 1.82) is 0 Å². The van der Waals surface area contributed by atoms with Crippen LogP contribution >= 0.6 is 0 Å². The van der Waals surface area contributed by atoms with Crippen molar-refractivity contribution in [3.8, 4) is 0 Å². The Bertz CT molecular complexity index is 400. The largest absolute Gasteiger partial charge is 0 e. The van der Waals surface area contributed by atoms with Gasteiger partial charge in [0.15, 0.2) is 0 Å². The molecule has 0 aliphatic carbocycles. The van der Waals surface area contributed by atoms with E-state index >= 15 is 0 Å². The third-order valence-corrected chi connectivity index (χ3v) is 2.85. The summed E-state index contributed by atoms with van der Waals surface area (Å²) in [5.41, 5.74) is 2.49. The number of aliphatic hydroxyl groups is 1. The molecule has 0 saturated heterocycles. The molecule has 1 rings (SSSR count). The molecule has 22 heavy (non-hydrogen) atoms. The van der Waals surface area contributed by atoms with E-state index in [2.05, 4.69) is 63.8 Å². The number of hydrogen-bond acceptors (Lipinski definition) is 2. The minimum absolute atomic E-state index is 0. The second kappa shape index (κ2) is 22.0. The number of anilines is 1. The SMILES string of the molecule is CCN(CC)c1ccccc1[C@@H](C)CO.[C-]#[O+].[C-]#[O+].[C-]#[O+].[Cr]. The molecule has 1 atom stereocenters.